The summed E-state index contributed by atoms with van der Waals surface area (Å²) >= 11 is 1.51. The fourth-order valence-corrected chi connectivity index (χ4v) is 2.81. The van der Waals surface area contributed by atoms with Crippen molar-refractivity contribution in [3.63, 3.8) is 0 Å². The van der Waals surface area contributed by atoms with Crippen LogP contribution in [0.5, 0.6) is 5.75 Å². The van der Waals surface area contributed by atoms with Gasteiger partial charge in [0.05, 0.1) is 24.5 Å². The maximum absolute atomic E-state index is 12.1. The molecule has 2 aromatic carbocycles. The molecule has 21 heavy (non-hydrogen) atoms. The number of hydrogen-bond acceptors (Lipinski definition) is 4. The Morgan fingerprint density at radius 1 is 1.24 bits per heavy atom. The van der Waals surface area contributed by atoms with Crippen molar-refractivity contribution in [2.24, 2.45) is 0 Å². The van der Waals surface area contributed by atoms with Gasteiger partial charge in [-0.15, -0.1) is 11.8 Å². The summed E-state index contributed by atoms with van der Waals surface area (Å²) in [6.07, 6.45) is 0. The number of Topliss-reactive ketones (excluding diaryl/α,β-unsaturated/α-hetero) is 1. The van der Waals surface area contributed by atoms with Gasteiger partial charge in [-0.3, -0.25) is 4.79 Å². The number of ketones is 1. The van der Waals surface area contributed by atoms with Crippen LogP contribution in [0.4, 0.5) is 0 Å². The van der Waals surface area contributed by atoms with E-state index in [1.165, 1.54) is 11.8 Å². The van der Waals surface area contributed by atoms with E-state index >= 15 is 0 Å². The van der Waals surface area contributed by atoms with Crippen LogP contribution in [0.3, 0.4) is 0 Å². The highest BCUT2D eigenvalue weighted by Gasteiger charge is 2.08. The first kappa shape index (κ1) is 15.1. The molecule has 2 rings (SSSR count). The third-order valence-electron chi connectivity index (χ3n) is 3.02. The number of nitrogens with zero attached hydrogens (tertiary/aromatic N) is 1. The van der Waals surface area contributed by atoms with Crippen LogP contribution in [0.15, 0.2) is 48.5 Å². The summed E-state index contributed by atoms with van der Waals surface area (Å²) in [5, 5.41) is 9.02. The average Bonchev–Trinajstić information content (AvgIpc) is 2.55. The molecule has 0 bridgehead atoms. The molecule has 0 atom stereocenters. The zero-order valence-electron chi connectivity index (χ0n) is 11.7. The minimum Gasteiger partial charge on any atom is -0.497 e. The van der Waals surface area contributed by atoms with E-state index in [-0.39, 0.29) is 5.78 Å². The summed E-state index contributed by atoms with van der Waals surface area (Å²) < 4.78 is 5.11. The van der Waals surface area contributed by atoms with E-state index in [4.69, 9.17) is 10.00 Å². The van der Waals surface area contributed by atoms with Crippen molar-refractivity contribution >= 4 is 17.5 Å². The van der Waals surface area contributed by atoms with Crippen LogP contribution >= 0.6 is 11.8 Å². The van der Waals surface area contributed by atoms with E-state index in [1.807, 2.05) is 30.3 Å². The summed E-state index contributed by atoms with van der Waals surface area (Å²) in [5.41, 5.74) is 2.28. The lowest BCUT2D eigenvalue weighted by Crippen LogP contribution is -2.03. The van der Waals surface area contributed by atoms with Crippen molar-refractivity contribution < 1.29 is 9.53 Å². The van der Waals surface area contributed by atoms with E-state index in [9.17, 15) is 4.79 Å². The molecule has 3 nitrogen and oxygen atoms in total. The lowest BCUT2D eigenvalue weighted by atomic mass is 10.1. The molecule has 2 aromatic rings. The quantitative estimate of drug-likeness (QED) is 0.763. The molecule has 0 aliphatic rings. The third-order valence-corrected chi connectivity index (χ3v) is 4.00. The molecule has 0 aliphatic heterocycles. The van der Waals surface area contributed by atoms with Crippen molar-refractivity contribution in [3.05, 3.63) is 65.2 Å². The average molecular weight is 297 g/mol. The summed E-state index contributed by atoms with van der Waals surface area (Å²) in [6, 6.07) is 16.8. The zero-order chi connectivity index (χ0) is 15.1. The Balaban J connectivity index is 1.94. The van der Waals surface area contributed by atoms with Gasteiger partial charge in [-0.1, -0.05) is 30.3 Å². The highest BCUT2D eigenvalue weighted by Crippen LogP contribution is 2.19. The number of methoxy groups -OCH3 is 1. The zero-order valence-corrected chi connectivity index (χ0v) is 12.5. The second kappa shape index (κ2) is 7.51. The number of hydrogen-bond donors (Lipinski definition) is 0. The highest BCUT2D eigenvalue weighted by atomic mass is 32.2. The van der Waals surface area contributed by atoms with Gasteiger partial charge >= 0.3 is 0 Å². The molecule has 106 valence electrons. The highest BCUT2D eigenvalue weighted by molar-refractivity contribution is 7.99. The van der Waals surface area contributed by atoms with Crippen molar-refractivity contribution in [2.75, 3.05) is 12.9 Å². The largest absolute Gasteiger partial charge is 0.497 e. The second-order valence-electron chi connectivity index (χ2n) is 4.42. The Hall–Kier alpha value is -2.25. The molecule has 0 amide bonds. The Bertz CT molecular complexity index is 676. The minimum atomic E-state index is 0.0633. The molecule has 0 saturated heterocycles. The maximum atomic E-state index is 12.1. The molecule has 4 heteroatoms. The summed E-state index contributed by atoms with van der Waals surface area (Å²) in [5.74, 6) is 1.78. The van der Waals surface area contributed by atoms with Gasteiger partial charge in [0.25, 0.3) is 0 Å². The Kier molecular flexibility index (Phi) is 5.42. The first-order chi connectivity index (χ1) is 10.2. The van der Waals surface area contributed by atoms with Crippen LogP contribution in [-0.4, -0.2) is 18.6 Å². The monoisotopic (exact) mass is 297 g/mol. The number of carbonyl (C=O) groups excluding carboxylic acids is 1. The third kappa shape index (κ3) is 4.11. The van der Waals surface area contributed by atoms with E-state index in [1.54, 1.807) is 25.3 Å². The first-order valence-corrected chi connectivity index (χ1v) is 7.63. The predicted octanol–water partition coefficient (Wildman–Crippen LogP) is 3.68. The van der Waals surface area contributed by atoms with Crippen LogP contribution in [-0.2, 0) is 5.75 Å². The van der Waals surface area contributed by atoms with Crippen LogP contribution in [0, 0.1) is 11.3 Å². The molecular formula is C17H15NO2S. The van der Waals surface area contributed by atoms with E-state index < -0.39 is 0 Å². The van der Waals surface area contributed by atoms with E-state index in [0.717, 1.165) is 5.56 Å². The Morgan fingerprint density at radius 3 is 2.81 bits per heavy atom. The number of thioether (sulfide) groups is 1. The van der Waals surface area contributed by atoms with Crippen molar-refractivity contribution in [1.82, 2.24) is 0 Å². The van der Waals surface area contributed by atoms with Crippen molar-refractivity contribution in [3.8, 4) is 11.8 Å². The summed E-state index contributed by atoms with van der Waals surface area (Å²) in [4.78, 5) is 12.1. The SMILES string of the molecule is COc1cccc(C(=O)CSCc2ccccc2C#N)c1. The van der Waals surface area contributed by atoms with Gasteiger partial charge in [0.15, 0.2) is 5.78 Å². The van der Waals surface area contributed by atoms with Gasteiger partial charge in [0.1, 0.15) is 5.75 Å². The van der Waals surface area contributed by atoms with Gasteiger partial charge in [-0.25, -0.2) is 0 Å². The van der Waals surface area contributed by atoms with Gasteiger partial charge in [-0.05, 0) is 23.8 Å². The number of rotatable bonds is 6. The van der Waals surface area contributed by atoms with Crippen LogP contribution in [0.25, 0.3) is 0 Å². The van der Waals surface area contributed by atoms with Gasteiger partial charge < -0.3 is 4.74 Å². The molecule has 0 aliphatic carbocycles. The predicted molar refractivity (Wildman–Crippen MR) is 84.6 cm³/mol. The maximum Gasteiger partial charge on any atom is 0.172 e. The van der Waals surface area contributed by atoms with Gasteiger partial charge in [0.2, 0.25) is 0 Å². The minimum absolute atomic E-state index is 0.0633. The molecule has 0 fully saturated rings. The molecular weight excluding hydrogens is 282 g/mol. The number of nitriles is 1. The topological polar surface area (TPSA) is 50.1 Å². The summed E-state index contributed by atoms with van der Waals surface area (Å²) in [7, 11) is 1.58. The van der Waals surface area contributed by atoms with Gasteiger partial charge in [-0.2, -0.15) is 5.26 Å². The molecule has 0 spiro atoms. The van der Waals surface area contributed by atoms with E-state index in [0.29, 0.717) is 28.4 Å². The smallest absolute Gasteiger partial charge is 0.172 e. The van der Waals surface area contributed by atoms with Gasteiger partial charge in [0, 0.05) is 11.3 Å². The van der Waals surface area contributed by atoms with E-state index in [2.05, 4.69) is 6.07 Å². The molecule has 0 unspecified atom stereocenters. The fraction of sp³-hybridized carbons (Fsp3) is 0.176. The Morgan fingerprint density at radius 2 is 2.05 bits per heavy atom. The molecule has 0 N–H and O–H groups in total. The molecule has 0 saturated carbocycles. The van der Waals surface area contributed by atoms with Crippen LogP contribution in [0.2, 0.25) is 0 Å². The number of carbonyl (C=O) groups is 1. The van der Waals surface area contributed by atoms with Crippen LogP contribution in [0.1, 0.15) is 21.5 Å². The second-order valence-corrected chi connectivity index (χ2v) is 5.40. The first-order valence-electron chi connectivity index (χ1n) is 6.47. The van der Waals surface area contributed by atoms with Crippen LogP contribution < -0.4 is 4.74 Å². The number of ether oxygens (including phenoxy) is 1. The molecule has 0 aromatic heterocycles. The normalized spacial score (nSPS) is 9.90. The van der Waals surface area contributed by atoms with Crippen molar-refractivity contribution in [2.45, 2.75) is 5.75 Å². The fourth-order valence-electron chi connectivity index (χ4n) is 1.89. The lowest BCUT2D eigenvalue weighted by Gasteiger charge is -2.05. The number of benzene rings is 2. The molecule has 0 radical (unpaired) electrons. The lowest BCUT2D eigenvalue weighted by molar-refractivity contribution is 0.102. The standard InChI is InChI=1S/C17H15NO2S/c1-20-16-8-4-7-13(9-16)17(19)12-21-11-15-6-3-2-5-14(15)10-18/h2-9H,11-12H2,1H3. The van der Waals surface area contributed by atoms with Crippen molar-refractivity contribution in [1.29, 1.82) is 5.26 Å². The molecule has 0 heterocycles. The summed E-state index contributed by atoms with van der Waals surface area (Å²) in [6.45, 7) is 0. The Labute approximate surface area is 128 Å².